The van der Waals surface area contributed by atoms with Crippen molar-refractivity contribution in [3.8, 4) is 5.75 Å². The molecule has 2 rings (SSSR count). The number of aryl methyl sites for hydroxylation is 1. The van der Waals surface area contributed by atoms with Crippen LogP contribution >= 0.6 is 11.6 Å². The summed E-state index contributed by atoms with van der Waals surface area (Å²) >= 11 is 6.03. The second-order valence-corrected chi connectivity index (χ2v) is 5.53. The Morgan fingerprint density at radius 2 is 2.19 bits per heavy atom. The maximum Gasteiger partial charge on any atom is 0.244 e. The molecule has 1 N–H and O–H groups in total. The first-order chi connectivity index (χ1) is 10.0. The highest BCUT2D eigenvalue weighted by atomic mass is 35.5. The van der Waals surface area contributed by atoms with Gasteiger partial charge in [-0.25, -0.2) is 0 Å². The molecular formula is C15H19ClN2O3. The van der Waals surface area contributed by atoms with Crippen LogP contribution in [0.4, 0.5) is 5.69 Å². The van der Waals surface area contributed by atoms with E-state index in [2.05, 4.69) is 5.32 Å². The molecular weight excluding hydrogens is 292 g/mol. The van der Waals surface area contributed by atoms with E-state index in [0.717, 1.165) is 18.4 Å². The number of ether oxygens (including phenoxy) is 1. The standard InChI is InChI=1S/C15H19ClN2O3/c1-10-7-12(13(21-2)8-11(10)16)17-14(19)9-18-6-4-3-5-15(18)20/h7-8H,3-6,9H2,1-2H3,(H,17,19). The zero-order valence-electron chi connectivity index (χ0n) is 12.2. The number of piperidine rings is 1. The Labute approximate surface area is 129 Å². The van der Waals surface area contributed by atoms with Crippen LogP contribution in [0.15, 0.2) is 12.1 Å². The second kappa shape index (κ2) is 6.80. The number of amides is 2. The highest BCUT2D eigenvalue weighted by molar-refractivity contribution is 6.31. The van der Waals surface area contributed by atoms with Crippen molar-refractivity contribution >= 4 is 29.1 Å². The number of nitrogens with one attached hydrogen (secondary N) is 1. The molecule has 0 spiro atoms. The van der Waals surface area contributed by atoms with Crippen LogP contribution in [0.25, 0.3) is 0 Å². The van der Waals surface area contributed by atoms with Gasteiger partial charge < -0.3 is 15.0 Å². The van der Waals surface area contributed by atoms with E-state index in [1.54, 1.807) is 17.0 Å². The maximum absolute atomic E-state index is 12.1. The van der Waals surface area contributed by atoms with E-state index in [9.17, 15) is 9.59 Å². The molecule has 1 aromatic rings. The molecule has 0 aliphatic carbocycles. The van der Waals surface area contributed by atoms with Crippen LogP contribution in [-0.4, -0.2) is 36.9 Å². The van der Waals surface area contributed by atoms with Crippen LogP contribution in [0.1, 0.15) is 24.8 Å². The number of nitrogens with zero attached hydrogens (tertiary/aromatic N) is 1. The van der Waals surface area contributed by atoms with Crippen molar-refractivity contribution in [1.82, 2.24) is 4.90 Å². The Bertz CT molecular complexity index is 560. The van der Waals surface area contributed by atoms with Crippen molar-refractivity contribution < 1.29 is 14.3 Å². The zero-order valence-corrected chi connectivity index (χ0v) is 13.0. The predicted octanol–water partition coefficient (Wildman–Crippen LogP) is 2.61. The van der Waals surface area contributed by atoms with Crippen LogP contribution in [0.2, 0.25) is 5.02 Å². The molecule has 6 heteroatoms. The van der Waals surface area contributed by atoms with Crippen LogP contribution < -0.4 is 10.1 Å². The number of hydrogen-bond acceptors (Lipinski definition) is 3. The summed E-state index contributed by atoms with van der Waals surface area (Å²) in [4.78, 5) is 25.4. The number of carbonyl (C=O) groups is 2. The van der Waals surface area contributed by atoms with E-state index in [-0.39, 0.29) is 18.4 Å². The number of likely N-dealkylation sites (tertiary alicyclic amines) is 1. The molecule has 1 aliphatic heterocycles. The number of halogens is 1. The van der Waals surface area contributed by atoms with Gasteiger partial charge in [0.1, 0.15) is 5.75 Å². The lowest BCUT2D eigenvalue weighted by Crippen LogP contribution is -2.40. The molecule has 21 heavy (non-hydrogen) atoms. The Morgan fingerprint density at radius 3 is 2.86 bits per heavy atom. The fraction of sp³-hybridized carbons (Fsp3) is 0.467. The summed E-state index contributed by atoms with van der Waals surface area (Å²) < 4.78 is 5.21. The van der Waals surface area contributed by atoms with Gasteiger partial charge in [-0.05, 0) is 31.4 Å². The third-order valence-corrected chi connectivity index (χ3v) is 3.92. The average Bonchev–Trinajstić information content (AvgIpc) is 2.45. The third-order valence-electron chi connectivity index (χ3n) is 3.51. The second-order valence-electron chi connectivity index (χ2n) is 5.12. The van der Waals surface area contributed by atoms with Crippen molar-refractivity contribution in [3.05, 3.63) is 22.7 Å². The van der Waals surface area contributed by atoms with E-state index < -0.39 is 0 Å². The van der Waals surface area contributed by atoms with Crippen LogP contribution in [-0.2, 0) is 9.59 Å². The lowest BCUT2D eigenvalue weighted by atomic mass is 10.1. The molecule has 0 bridgehead atoms. The summed E-state index contributed by atoms with van der Waals surface area (Å²) in [7, 11) is 1.52. The number of hydrogen-bond donors (Lipinski definition) is 1. The zero-order chi connectivity index (χ0) is 15.4. The molecule has 1 aromatic carbocycles. The largest absolute Gasteiger partial charge is 0.495 e. The highest BCUT2D eigenvalue weighted by Gasteiger charge is 2.21. The maximum atomic E-state index is 12.1. The SMILES string of the molecule is COc1cc(Cl)c(C)cc1NC(=O)CN1CCCCC1=O. The van der Waals surface area contributed by atoms with E-state index in [1.807, 2.05) is 6.92 Å². The number of rotatable bonds is 4. The van der Waals surface area contributed by atoms with Gasteiger partial charge in [0.05, 0.1) is 19.3 Å². The summed E-state index contributed by atoms with van der Waals surface area (Å²) in [6, 6.07) is 3.43. The van der Waals surface area contributed by atoms with Crippen LogP contribution in [0.5, 0.6) is 5.75 Å². The third kappa shape index (κ3) is 3.88. The van der Waals surface area contributed by atoms with E-state index in [4.69, 9.17) is 16.3 Å². The molecule has 0 saturated carbocycles. The van der Waals surface area contributed by atoms with Gasteiger partial charge in [-0.15, -0.1) is 0 Å². The Kier molecular flexibility index (Phi) is 5.07. The van der Waals surface area contributed by atoms with Crippen LogP contribution in [0.3, 0.4) is 0 Å². The average molecular weight is 311 g/mol. The quantitative estimate of drug-likeness (QED) is 0.930. The normalized spacial score (nSPS) is 15.0. The molecule has 0 aromatic heterocycles. The first kappa shape index (κ1) is 15.6. The minimum Gasteiger partial charge on any atom is -0.495 e. The van der Waals surface area contributed by atoms with Gasteiger partial charge in [-0.2, -0.15) is 0 Å². The topological polar surface area (TPSA) is 58.6 Å². The highest BCUT2D eigenvalue weighted by Crippen LogP contribution is 2.30. The van der Waals surface area contributed by atoms with Crippen molar-refractivity contribution in [3.63, 3.8) is 0 Å². The first-order valence-corrected chi connectivity index (χ1v) is 7.31. The minimum atomic E-state index is -0.231. The van der Waals surface area contributed by atoms with Gasteiger partial charge in [0, 0.05) is 24.1 Å². The van der Waals surface area contributed by atoms with Gasteiger partial charge >= 0.3 is 0 Å². The number of anilines is 1. The Hall–Kier alpha value is -1.75. The van der Waals surface area contributed by atoms with Gasteiger partial charge in [0.25, 0.3) is 0 Å². The van der Waals surface area contributed by atoms with E-state index in [1.165, 1.54) is 7.11 Å². The van der Waals surface area contributed by atoms with E-state index >= 15 is 0 Å². The van der Waals surface area contributed by atoms with E-state index in [0.29, 0.717) is 29.4 Å². The molecule has 2 amide bonds. The van der Waals surface area contributed by atoms with Gasteiger partial charge in [-0.3, -0.25) is 9.59 Å². The molecule has 114 valence electrons. The lowest BCUT2D eigenvalue weighted by Gasteiger charge is -2.26. The molecule has 5 nitrogen and oxygen atoms in total. The summed E-state index contributed by atoms with van der Waals surface area (Å²) in [6.45, 7) is 2.57. The number of benzene rings is 1. The van der Waals surface area contributed by atoms with Gasteiger partial charge in [-0.1, -0.05) is 11.6 Å². The smallest absolute Gasteiger partial charge is 0.244 e. The summed E-state index contributed by atoms with van der Waals surface area (Å²) in [5.74, 6) is 0.310. The molecule has 0 radical (unpaired) electrons. The lowest BCUT2D eigenvalue weighted by molar-refractivity contribution is -0.136. The molecule has 0 unspecified atom stereocenters. The Morgan fingerprint density at radius 1 is 1.43 bits per heavy atom. The van der Waals surface area contributed by atoms with Crippen molar-refractivity contribution in [2.24, 2.45) is 0 Å². The minimum absolute atomic E-state index is 0.0376. The molecule has 1 saturated heterocycles. The fourth-order valence-corrected chi connectivity index (χ4v) is 2.48. The van der Waals surface area contributed by atoms with Crippen molar-refractivity contribution in [2.45, 2.75) is 26.2 Å². The van der Waals surface area contributed by atoms with Crippen LogP contribution in [0, 0.1) is 6.92 Å². The molecule has 0 atom stereocenters. The summed E-state index contributed by atoms with van der Waals surface area (Å²) in [6.07, 6.45) is 2.38. The molecule has 1 aliphatic rings. The fourth-order valence-electron chi connectivity index (χ4n) is 2.32. The molecule has 1 fully saturated rings. The number of methoxy groups -OCH3 is 1. The monoisotopic (exact) mass is 310 g/mol. The predicted molar refractivity (Wildman–Crippen MR) is 81.8 cm³/mol. The molecule has 1 heterocycles. The van der Waals surface area contributed by atoms with Gasteiger partial charge in [0.2, 0.25) is 11.8 Å². The van der Waals surface area contributed by atoms with Crippen molar-refractivity contribution in [2.75, 3.05) is 25.5 Å². The van der Waals surface area contributed by atoms with Gasteiger partial charge in [0.15, 0.2) is 0 Å². The number of carbonyl (C=O) groups excluding carboxylic acids is 2. The Balaban J connectivity index is 2.05. The van der Waals surface area contributed by atoms with Crippen molar-refractivity contribution in [1.29, 1.82) is 0 Å². The summed E-state index contributed by atoms with van der Waals surface area (Å²) in [5.41, 5.74) is 1.41. The first-order valence-electron chi connectivity index (χ1n) is 6.93. The summed E-state index contributed by atoms with van der Waals surface area (Å²) in [5, 5.41) is 3.36.